The minimum absolute atomic E-state index is 0.342. The molecule has 0 radical (unpaired) electrons. The van der Waals surface area contributed by atoms with E-state index in [4.69, 9.17) is 5.11 Å². The lowest BCUT2D eigenvalue weighted by molar-refractivity contribution is 0.475. The molecule has 1 atom stereocenters. The summed E-state index contributed by atoms with van der Waals surface area (Å²) in [6, 6.07) is 7.46. The van der Waals surface area contributed by atoms with E-state index in [1.54, 1.807) is 12.1 Å². The van der Waals surface area contributed by atoms with Gasteiger partial charge >= 0.3 is 0 Å². The zero-order valence-electron chi connectivity index (χ0n) is 7.45. The lowest BCUT2D eigenvalue weighted by Crippen LogP contribution is -1.89. The SMILES string of the molecule is CCC(SC)c1ccc(O)cc1. The molecule has 0 fully saturated rings. The van der Waals surface area contributed by atoms with E-state index in [2.05, 4.69) is 13.2 Å². The monoisotopic (exact) mass is 182 g/mol. The van der Waals surface area contributed by atoms with Crippen LogP contribution in [0.5, 0.6) is 5.75 Å². The second-order valence-electron chi connectivity index (χ2n) is 2.72. The lowest BCUT2D eigenvalue weighted by atomic mass is 10.1. The molecule has 66 valence electrons. The zero-order valence-corrected chi connectivity index (χ0v) is 8.27. The van der Waals surface area contributed by atoms with Crippen LogP contribution in [0.3, 0.4) is 0 Å². The van der Waals surface area contributed by atoms with Crippen molar-refractivity contribution in [2.45, 2.75) is 18.6 Å². The molecular formula is C10H14OS. The normalized spacial score (nSPS) is 12.8. The lowest BCUT2D eigenvalue weighted by Gasteiger charge is -2.11. The van der Waals surface area contributed by atoms with Crippen molar-refractivity contribution in [3.8, 4) is 5.75 Å². The summed E-state index contributed by atoms with van der Waals surface area (Å²) >= 11 is 1.85. The maximum Gasteiger partial charge on any atom is 0.115 e. The van der Waals surface area contributed by atoms with Gasteiger partial charge < -0.3 is 5.11 Å². The highest BCUT2D eigenvalue weighted by Crippen LogP contribution is 2.30. The maximum atomic E-state index is 9.08. The van der Waals surface area contributed by atoms with E-state index >= 15 is 0 Å². The molecule has 0 saturated carbocycles. The minimum Gasteiger partial charge on any atom is -0.508 e. The Hall–Kier alpha value is -0.630. The van der Waals surface area contributed by atoms with Crippen LogP contribution in [-0.2, 0) is 0 Å². The molecule has 0 aliphatic rings. The number of aromatic hydroxyl groups is 1. The summed E-state index contributed by atoms with van der Waals surface area (Å²) in [5.74, 6) is 0.342. The number of hydrogen-bond acceptors (Lipinski definition) is 2. The summed E-state index contributed by atoms with van der Waals surface area (Å²) in [4.78, 5) is 0. The Morgan fingerprint density at radius 2 is 1.92 bits per heavy atom. The number of thioether (sulfide) groups is 1. The predicted octanol–water partition coefficient (Wildman–Crippen LogP) is 3.21. The number of benzene rings is 1. The first-order valence-electron chi connectivity index (χ1n) is 4.09. The van der Waals surface area contributed by atoms with Gasteiger partial charge in [0.05, 0.1) is 0 Å². The fourth-order valence-corrected chi connectivity index (χ4v) is 1.99. The van der Waals surface area contributed by atoms with Crippen LogP contribution in [-0.4, -0.2) is 11.4 Å². The van der Waals surface area contributed by atoms with Gasteiger partial charge in [0, 0.05) is 5.25 Å². The third-order valence-electron chi connectivity index (χ3n) is 1.92. The van der Waals surface area contributed by atoms with Crippen LogP contribution in [0, 0.1) is 0 Å². The summed E-state index contributed by atoms with van der Waals surface area (Å²) in [6.45, 7) is 2.17. The van der Waals surface area contributed by atoms with E-state index in [1.165, 1.54) is 5.56 Å². The molecule has 0 amide bonds. The number of phenols is 1. The topological polar surface area (TPSA) is 20.2 Å². The Morgan fingerprint density at radius 3 is 2.33 bits per heavy atom. The zero-order chi connectivity index (χ0) is 8.97. The van der Waals surface area contributed by atoms with Gasteiger partial charge in [-0.1, -0.05) is 19.1 Å². The number of rotatable bonds is 3. The van der Waals surface area contributed by atoms with Crippen LogP contribution in [0.4, 0.5) is 0 Å². The van der Waals surface area contributed by atoms with E-state index in [1.807, 2.05) is 23.9 Å². The Bertz CT molecular complexity index is 226. The molecule has 1 nitrogen and oxygen atoms in total. The molecule has 0 spiro atoms. The summed E-state index contributed by atoms with van der Waals surface area (Å²) in [5, 5.41) is 9.64. The molecule has 0 aromatic heterocycles. The van der Waals surface area contributed by atoms with Gasteiger partial charge in [0.25, 0.3) is 0 Å². The van der Waals surface area contributed by atoms with Gasteiger partial charge in [-0.3, -0.25) is 0 Å². The number of phenolic OH excluding ortho intramolecular Hbond substituents is 1. The predicted molar refractivity (Wildman–Crippen MR) is 54.7 cm³/mol. The second-order valence-corrected chi connectivity index (χ2v) is 3.76. The Balaban J connectivity index is 2.80. The van der Waals surface area contributed by atoms with Crippen LogP contribution in [0.2, 0.25) is 0 Å². The van der Waals surface area contributed by atoms with Gasteiger partial charge in [-0.25, -0.2) is 0 Å². The van der Waals surface area contributed by atoms with E-state index in [9.17, 15) is 0 Å². The standard InChI is InChI=1S/C10H14OS/c1-3-10(12-2)8-4-6-9(11)7-5-8/h4-7,10-11H,3H2,1-2H3. The molecule has 0 bridgehead atoms. The van der Waals surface area contributed by atoms with Crippen LogP contribution in [0.25, 0.3) is 0 Å². The highest BCUT2D eigenvalue weighted by Gasteiger charge is 2.05. The van der Waals surface area contributed by atoms with Gasteiger partial charge in [-0.05, 0) is 30.4 Å². The van der Waals surface area contributed by atoms with Crippen molar-refractivity contribution < 1.29 is 5.11 Å². The average Bonchev–Trinajstić information content (AvgIpc) is 2.10. The molecule has 1 aromatic rings. The van der Waals surface area contributed by atoms with E-state index in [0.717, 1.165) is 6.42 Å². The van der Waals surface area contributed by atoms with Gasteiger partial charge in [0.15, 0.2) is 0 Å². The van der Waals surface area contributed by atoms with Crippen LogP contribution in [0.15, 0.2) is 24.3 Å². The van der Waals surface area contributed by atoms with Crippen molar-refractivity contribution in [1.82, 2.24) is 0 Å². The van der Waals surface area contributed by atoms with E-state index in [-0.39, 0.29) is 0 Å². The quantitative estimate of drug-likeness (QED) is 0.774. The molecule has 0 heterocycles. The van der Waals surface area contributed by atoms with Crippen LogP contribution < -0.4 is 0 Å². The first-order valence-corrected chi connectivity index (χ1v) is 5.38. The van der Waals surface area contributed by atoms with Crippen molar-refractivity contribution in [2.24, 2.45) is 0 Å². The van der Waals surface area contributed by atoms with E-state index < -0.39 is 0 Å². The molecule has 1 rings (SSSR count). The third-order valence-corrected chi connectivity index (χ3v) is 3.09. The first-order chi connectivity index (χ1) is 5.77. The molecule has 0 aliphatic carbocycles. The fourth-order valence-electron chi connectivity index (χ4n) is 1.23. The van der Waals surface area contributed by atoms with Crippen LogP contribution >= 0.6 is 11.8 Å². The Labute approximate surface area is 77.8 Å². The molecular weight excluding hydrogens is 168 g/mol. The van der Waals surface area contributed by atoms with Gasteiger partial charge in [-0.15, -0.1) is 0 Å². The molecule has 1 unspecified atom stereocenters. The van der Waals surface area contributed by atoms with Gasteiger partial charge in [-0.2, -0.15) is 11.8 Å². The van der Waals surface area contributed by atoms with Crippen LogP contribution in [0.1, 0.15) is 24.2 Å². The van der Waals surface area contributed by atoms with Crippen molar-refractivity contribution in [2.75, 3.05) is 6.26 Å². The molecule has 0 saturated heterocycles. The molecule has 12 heavy (non-hydrogen) atoms. The number of hydrogen-bond donors (Lipinski definition) is 1. The van der Waals surface area contributed by atoms with Crippen molar-refractivity contribution in [1.29, 1.82) is 0 Å². The summed E-state index contributed by atoms with van der Waals surface area (Å²) in [7, 11) is 0. The minimum atomic E-state index is 0.342. The molecule has 1 aromatic carbocycles. The Kier molecular flexibility index (Phi) is 3.48. The highest BCUT2D eigenvalue weighted by atomic mass is 32.2. The molecule has 0 aliphatic heterocycles. The summed E-state index contributed by atoms with van der Waals surface area (Å²) in [6.07, 6.45) is 3.24. The van der Waals surface area contributed by atoms with Crippen molar-refractivity contribution >= 4 is 11.8 Å². The average molecular weight is 182 g/mol. The summed E-state index contributed by atoms with van der Waals surface area (Å²) < 4.78 is 0. The fraction of sp³-hybridized carbons (Fsp3) is 0.400. The van der Waals surface area contributed by atoms with Crippen molar-refractivity contribution in [3.05, 3.63) is 29.8 Å². The second kappa shape index (κ2) is 4.41. The smallest absolute Gasteiger partial charge is 0.115 e. The molecule has 2 heteroatoms. The third kappa shape index (κ3) is 2.18. The van der Waals surface area contributed by atoms with Crippen molar-refractivity contribution in [3.63, 3.8) is 0 Å². The van der Waals surface area contributed by atoms with E-state index in [0.29, 0.717) is 11.0 Å². The highest BCUT2D eigenvalue weighted by molar-refractivity contribution is 7.98. The van der Waals surface area contributed by atoms with Gasteiger partial charge in [0.2, 0.25) is 0 Å². The van der Waals surface area contributed by atoms with Gasteiger partial charge in [0.1, 0.15) is 5.75 Å². The largest absolute Gasteiger partial charge is 0.508 e. The first kappa shape index (κ1) is 9.46. The molecule has 1 N–H and O–H groups in total. The Morgan fingerprint density at radius 1 is 1.33 bits per heavy atom. The summed E-state index contributed by atoms with van der Waals surface area (Å²) in [5.41, 5.74) is 1.29. The maximum absolute atomic E-state index is 9.08.